The van der Waals surface area contributed by atoms with Gasteiger partial charge in [0.05, 0.1) is 17.1 Å². The van der Waals surface area contributed by atoms with Gasteiger partial charge in [-0.3, -0.25) is 0 Å². The van der Waals surface area contributed by atoms with Crippen LogP contribution in [0, 0.1) is 6.92 Å². The highest BCUT2D eigenvalue weighted by molar-refractivity contribution is 7.09. The number of nitrogen functional groups attached to an aromatic ring is 1. The maximum atomic E-state index is 6.06. The fourth-order valence-electron chi connectivity index (χ4n) is 2.23. The lowest BCUT2D eigenvalue weighted by molar-refractivity contribution is 0.662. The predicted molar refractivity (Wildman–Crippen MR) is 74.8 cm³/mol. The van der Waals surface area contributed by atoms with Crippen molar-refractivity contribution in [3.8, 4) is 0 Å². The van der Waals surface area contributed by atoms with Crippen LogP contribution in [0.25, 0.3) is 11.0 Å². The predicted octanol–water partition coefficient (Wildman–Crippen LogP) is 2.99. The number of fused-ring (bicyclic) bond motifs is 1. The van der Waals surface area contributed by atoms with Crippen molar-refractivity contribution in [1.29, 1.82) is 0 Å². The zero-order valence-corrected chi connectivity index (χ0v) is 11.1. The Labute approximate surface area is 109 Å². The van der Waals surface area contributed by atoms with E-state index in [0.717, 1.165) is 21.6 Å². The summed E-state index contributed by atoms with van der Waals surface area (Å²) in [5.41, 5.74) is 9.24. The molecule has 2 heterocycles. The fraction of sp³-hybridized carbons (Fsp3) is 0.231. The number of aryl methyl sites for hydroxylation is 1. The summed E-state index contributed by atoms with van der Waals surface area (Å²) in [7, 11) is 0. The molecule has 0 saturated heterocycles. The van der Waals surface area contributed by atoms with E-state index in [2.05, 4.69) is 23.0 Å². The molecule has 0 spiro atoms. The number of thiazole rings is 1. The lowest BCUT2D eigenvalue weighted by Gasteiger charge is -2.13. The smallest absolute Gasteiger partial charge is 0.201 e. The van der Waals surface area contributed by atoms with Gasteiger partial charge in [-0.25, -0.2) is 9.97 Å². The van der Waals surface area contributed by atoms with Gasteiger partial charge in [-0.2, -0.15) is 0 Å². The summed E-state index contributed by atoms with van der Waals surface area (Å²) in [6.45, 7) is 4.14. The number of imidazole rings is 1. The van der Waals surface area contributed by atoms with Crippen LogP contribution >= 0.6 is 11.3 Å². The molecule has 2 aromatic heterocycles. The molecule has 0 amide bonds. The first-order valence-corrected chi connectivity index (χ1v) is 6.69. The topological polar surface area (TPSA) is 56.7 Å². The molecule has 3 rings (SSSR count). The van der Waals surface area contributed by atoms with Crippen LogP contribution in [-0.2, 0) is 0 Å². The first-order valence-electron chi connectivity index (χ1n) is 5.81. The van der Waals surface area contributed by atoms with Crippen LogP contribution < -0.4 is 5.73 Å². The van der Waals surface area contributed by atoms with Crippen LogP contribution in [0.15, 0.2) is 29.8 Å². The van der Waals surface area contributed by atoms with E-state index in [1.165, 1.54) is 0 Å². The van der Waals surface area contributed by atoms with Crippen molar-refractivity contribution in [2.24, 2.45) is 0 Å². The molecule has 0 aliphatic carbocycles. The number of hydrogen-bond acceptors (Lipinski definition) is 4. The lowest BCUT2D eigenvalue weighted by atomic mass is 10.2. The van der Waals surface area contributed by atoms with Gasteiger partial charge in [0.25, 0.3) is 0 Å². The maximum absolute atomic E-state index is 6.06. The average molecular weight is 258 g/mol. The average Bonchev–Trinajstić information content (AvgIpc) is 2.96. The van der Waals surface area contributed by atoms with Crippen LogP contribution in [0.4, 0.5) is 5.95 Å². The summed E-state index contributed by atoms with van der Waals surface area (Å²) in [5, 5.41) is 3.02. The van der Waals surface area contributed by atoms with Gasteiger partial charge >= 0.3 is 0 Å². The molecule has 18 heavy (non-hydrogen) atoms. The largest absolute Gasteiger partial charge is 0.369 e. The van der Waals surface area contributed by atoms with E-state index in [4.69, 9.17) is 5.73 Å². The highest BCUT2D eigenvalue weighted by Gasteiger charge is 2.17. The van der Waals surface area contributed by atoms with Gasteiger partial charge in [0.1, 0.15) is 5.01 Å². The minimum absolute atomic E-state index is 0.108. The molecular weight excluding hydrogens is 244 g/mol. The molecule has 0 aliphatic heterocycles. The monoisotopic (exact) mass is 258 g/mol. The van der Waals surface area contributed by atoms with E-state index in [1.807, 2.05) is 35.2 Å². The highest BCUT2D eigenvalue weighted by atomic mass is 32.1. The number of anilines is 1. The summed E-state index contributed by atoms with van der Waals surface area (Å²) >= 11 is 1.64. The minimum atomic E-state index is 0.108. The van der Waals surface area contributed by atoms with Gasteiger partial charge < -0.3 is 10.3 Å². The van der Waals surface area contributed by atoms with Crippen LogP contribution in [-0.4, -0.2) is 14.5 Å². The Hall–Kier alpha value is -1.88. The summed E-state index contributed by atoms with van der Waals surface area (Å²) in [6, 6.07) is 6.24. The van der Waals surface area contributed by atoms with Crippen molar-refractivity contribution < 1.29 is 0 Å². The molecule has 3 aromatic rings. The third-order valence-corrected chi connectivity index (χ3v) is 4.09. The number of para-hydroxylation sites is 1. The van der Waals surface area contributed by atoms with Crippen LogP contribution in [0.3, 0.4) is 0 Å². The van der Waals surface area contributed by atoms with Crippen molar-refractivity contribution in [3.05, 3.63) is 40.3 Å². The van der Waals surface area contributed by atoms with E-state index in [1.54, 1.807) is 11.3 Å². The zero-order chi connectivity index (χ0) is 12.7. The molecular formula is C13H14N4S. The van der Waals surface area contributed by atoms with Crippen LogP contribution in [0.2, 0.25) is 0 Å². The molecule has 1 atom stereocenters. The van der Waals surface area contributed by atoms with Gasteiger partial charge in [-0.05, 0) is 25.5 Å². The molecule has 0 saturated carbocycles. The Morgan fingerprint density at radius 2 is 2.22 bits per heavy atom. The highest BCUT2D eigenvalue weighted by Crippen LogP contribution is 2.29. The van der Waals surface area contributed by atoms with E-state index in [9.17, 15) is 0 Å². The Morgan fingerprint density at radius 1 is 1.39 bits per heavy atom. The summed E-state index contributed by atoms with van der Waals surface area (Å²) in [5.74, 6) is 0.544. The van der Waals surface area contributed by atoms with Crippen molar-refractivity contribution in [2.75, 3.05) is 5.73 Å². The Kier molecular flexibility index (Phi) is 2.56. The van der Waals surface area contributed by atoms with Gasteiger partial charge in [0.2, 0.25) is 5.95 Å². The lowest BCUT2D eigenvalue weighted by Crippen LogP contribution is -2.09. The van der Waals surface area contributed by atoms with Crippen molar-refractivity contribution in [1.82, 2.24) is 14.5 Å². The molecule has 0 radical (unpaired) electrons. The molecule has 0 aliphatic rings. The molecule has 5 heteroatoms. The van der Waals surface area contributed by atoms with Gasteiger partial charge in [-0.15, -0.1) is 11.3 Å². The second-order valence-corrected chi connectivity index (χ2v) is 5.26. The number of aromatic nitrogens is 3. The molecule has 2 N–H and O–H groups in total. The zero-order valence-electron chi connectivity index (χ0n) is 10.3. The first-order chi connectivity index (χ1) is 8.68. The van der Waals surface area contributed by atoms with Gasteiger partial charge in [-0.1, -0.05) is 12.1 Å². The SMILES string of the molecule is Cc1cccc2c1nc(N)n2C(C)c1nccs1. The number of hydrogen-bond donors (Lipinski definition) is 1. The molecule has 1 aromatic carbocycles. The Bertz CT molecular complexity index is 684. The molecule has 0 fully saturated rings. The summed E-state index contributed by atoms with van der Waals surface area (Å²) < 4.78 is 2.04. The Morgan fingerprint density at radius 3 is 2.94 bits per heavy atom. The van der Waals surface area contributed by atoms with Crippen molar-refractivity contribution in [3.63, 3.8) is 0 Å². The standard InChI is InChI=1S/C13H14N4S/c1-8-4-3-5-10-11(8)16-13(14)17(10)9(2)12-15-6-7-18-12/h3-7,9H,1-2H3,(H2,14,16). The summed E-state index contributed by atoms with van der Waals surface area (Å²) in [6.07, 6.45) is 1.82. The first kappa shape index (κ1) is 11.2. The van der Waals surface area contributed by atoms with E-state index in [-0.39, 0.29) is 6.04 Å². The fourth-order valence-corrected chi connectivity index (χ4v) is 2.92. The Balaban J connectivity index is 2.23. The molecule has 0 bridgehead atoms. The number of nitrogens with two attached hydrogens (primary N) is 1. The third-order valence-electron chi connectivity index (χ3n) is 3.15. The summed E-state index contributed by atoms with van der Waals surface area (Å²) in [4.78, 5) is 8.82. The van der Waals surface area contributed by atoms with E-state index < -0.39 is 0 Å². The van der Waals surface area contributed by atoms with Gasteiger partial charge in [0, 0.05) is 11.6 Å². The molecule has 4 nitrogen and oxygen atoms in total. The molecule has 1 unspecified atom stereocenters. The quantitative estimate of drug-likeness (QED) is 0.768. The van der Waals surface area contributed by atoms with Crippen molar-refractivity contribution >= 4 is 28.3 Å². The van der Waals surface area contributed by atoms with E-state index in [0.29, 0.717) is 5.95 Å². The second kappa shape index (κ2) is 4.10. The normalized spacial score (nSPS) is 13.0. The second-order valence-electron chi connectivity index (χ2n) is 4.33. The van der Waals surface area contributed by atoms with E-state index >= 15 is 0 Å². The number of rotatable bonds is 2. The van der Waals surface area contributed by atoms with Crippen molar-refractivity contribution in [2.45, 2.75) is 19.9 Å². The third kappa shape index (κ3) is 1.59. The number of nitrogens with zero attached hydrogens (tertiary/aromatic N) is 3. The maximum Gasteiger partial charge on any atom is 0.201 e. The minimum Gasteiger partial charge on any atom is -0.369 e. The van der Waals surface area contributed by atoms with Gasteiger partial charge in [0.15, 0.2) is 0 Å². The van der Waals surface area contributed by atoms with Crippen LogP contribution in [0.5, 0.6) is 0 Å². The number of benzene rings is 1. The van der Waals surface area contributed by atoms with Crippen LogP contribution in [0.1, 0.15) is 23.5 Å². The molecule has 92 valence electrons.